The lowest BCUT2D eigenvalue weighted by Crippen LogP contribution is -1.93. The Bertz CT molecular complexity index is 234. The van der Waals surface area contributed by atoms with Crippen molar-refractivity contribution in [3.05, 3.63) is 15.5 Å². The standard InChI is InChI=1S/C5H5F2IN2/c1-10-5(8)3(2-9-10)4(6)7/h2,4H,1H3. The third-order valence-electron chi connectivity index (χ3n) is 1.13. The van der Waals surface area contributed by atoms with Crippen LogP contribution >= 0.6 is 22.6 Å². The van der Waals surface area contributed by atoms with E-state index >= 15 is 0 Å². The van der Waals surface area contributed by atoms with E-state index in [1.54, 1.807) is 7.05 Å². The highest BCUT2D eigenvalue weighted by atomic mass is 127. The maximum atomic E-state index is 12.0. The van der Waals surface area contributed by atoms with Gasteiger partial charge < -0.3 is 0 Å². The van der Waals surface area contributed by atoms with E-state index in [0.29, 0.717) is 3.70 Å². The molecule has 0 fully saturated rings. The molecule has 1 aromatic rings. The van der Waals surface area contributed by atoms with Crippen molar-refractivity contribution in [3.8, 4) is 0 Å². The fourth-order valence-electron chi connectivity index (χ4n) is 0.586. The summed E-state index contributed by atoms with van der Waals surface area (Å²) in [5, 5.41) is 3.67. The van der Waals surface area contributed by atoms with Gasteiger partial charge in [0.05, 0.1) is 11.8 Å². The molecule has 1 heterocycles. The average molecular weight is 258 g/mol. The van der Waals surface area contributed by atoms with Crippen molar-refractivity contribution in [1.82, 2.24) is 9.78 Å². The van der Waals surface area contributed by atoms with Crippen molar-refractivity contribution in [3.63, 3.8) is 0 Å². The highest BCUT2D eigenvalue weighted by Gasteiger charge is 2.14. The van der Waals surface area contributed by atoms with E-state index in [2.05, 4.69) is 5.10 Å². The van der Waals surface area contributed by atoms with Gasteiger partial charge in [-0.05, 0) is 22.6 Å². The minimum atomic E-state index is -2.42. The van der Waals surface area contributed by atoms with E-state index in [0.717, 1.165) is 0 Å². The molecule has 56 valence electrons. The Hall–Kier alpha value is -0.200. The highest BCUT2D eigenvalue weighted by molar-refractivity contribution is 14.1. The Morgan fingerprint density at radius 1 is 1.70 bits per heavy atom. The Kier molecular flexibility index (Phi) is 2.22. The predicted octanol–water partition coefficient (Wildman–Crippen LogP) is 1.96. The highest BCUT2D eigenvalue weighted by Crippen LogP contribution is 2.22. The van der Waals surface area contributed by atoms with Gasteiger partial charge in [0.25, 0.3) is 6.43 Å². The van der Waals surface area contributed by atoms with Crippen LogP contribution in [0.25, 0.3) is 0 Å². The van der Waals surface area contributed by atoms with Crippen LogP contribution in [0.1, 0.15) is 12.0 Å². The summed E-state index contributed by atoms with van der Waals surface area (Å²) in [7, 11) is 1.63. The molecule has 0 unspecified atom stereocenters. The zero-order valence-corrected chi connectivity index (χ0v) is 7.34. The normalized spacial score (nSPS) is 10.9. The summed E-state index contributed by atoms with van der Waals surface area (Å²) in [6, 6.07) is 0. The van der Waals surface area contributed by atoms with Crippen molar-refractivity contribution in [2.45, 2.75) is 6.43 Å². The second-order valence-electron chi connectivity index (χ2n) is 1.82. The van der Waals surface area contributed by atoms with Gasteiger partial charge in [-0.2, -0.15) is 5.10 Å². The molecule has 0 amide bonds. The van der Waals surface area contributed by atoms with E-state index in [1.807, 2.05) is 22.6 Å². The first kappa shape index (κ1) is 7.90. The Labute approximate surface area is 70.4 Å². The van der Waals surface area contributed by atoms with Gasteiger partial charge in [-0.25, -0.2) is 8.78 Å². The van der Waals surface area contributed by atoms with Crippen LogP contribution in [-0.4, -0.2) is 9.78 Å². The molecule has 0 aliphatic carbocycles. The summed E-state index contributed by atoms with van der Waals surface area (Å²) in [4.78, 5) is 0. The number of aromatic nitrogens is 2. The monoisotopic (exact) mass is 258 g/mol. The van der Waals surface area contributed by atoms with Crippen molar-refractivity contribution in [2.75, 3.05) is 0 Å². The molecule has 0 radical (unpaired) electrons. The fraction of sp³-hybridized carbons (Fsp3) is 0.400. The lowest BCUT2D eigenvalue weighted by atomic mass is 10.4. The van der Waals surface area contributed by atoms with Gasteiger partial charge in [-0.3, -0.25) is 4.68 Å². The van der Waals surface area contributed by atoms with Gasteiger partial charge in [0, 0.05) is 7.05 Å². The Morgan fingerprint density at radius 3 is 2.50 bits per heavy atom. The first-order chi connectivity index (χ1) is 4.63. The molecule has 5 heteroatoms. The van der Waals surface area contributed by atoms with Gasteiger partial charge >= 0.3 is 0 Å². The number of hydrogen-bond acceptors (Lipinski definition) is 1. The van der Waals surface area contributed by atoms with Crippen LogP contribution in [0.2, 0.25) is 0 Å². The maximum Gasteiger partial charge on any atom is 0.267 e. The second-order valence-corrected chi connectivity index (χ2v) is 2.84. The van der Waals surface area contributed by atoms with E-state index in [-0.39, 0.29) is 5.56 Å². The molecule has 0 aliphatic heterocycles. The van der Waals surface area contributed by atoms with E-state index < -0.39 is 6.43 Å². The molecular formula is C5H5F2IN2. The summed E-state index contributed by atoms with van der Waals surface area (Å²) in [6.07, 6.45) is -1.23. The molecule has 0 aromatic carbocycles. The molecule has 10 heavy (non-hydrogen) atoms. The summed E-state index contributed by atoms with van der Waals surface area (Å²) in [6.45, 7) is 0. The SMILES string of the molecule is Cn1ncc(C(F)F)c1I. The minimum absolute atomic E-state index is 0.00287. The van der Waals surface area contributed by atoms with Gasteiger partial charge in [0.15, 0.2) is 0 Å². The van der Waals surface area contributed by atoms with E-state index in [1.165, 1.54) is 10.9 Å². The first-order valence-electron chi connectivity index (χ1n) is 2.58. The molecule has 0 saturated carbocycles. The predicted molar refractivity (Wildman–Crippen MR) is 40.9 cm³/mol. The molecule has 1 rings (SSSR count). The third-order valence-corrected chi connectivity index (χ3v) is 2.45. The zero-order valence-electron chi connectivity index (χ0n) is 5.18. The van der Waals surface area contributed by atoms with Crippen molar-refractivity contribution in [2.24, 2.45) is 7.05 Å². The van der Waals surface area contributed by atoms with Crippen LogP contribution in [-0.2, 0) is 7.05 Å². The van der Waals surface area contributed by atoms with Crippen LogP contribution in [0, 0.1) is 3.70 Å². The molecule has 0 saturated heterocycles. The maximum absolute atomic E-state index is 12.0. The number of alkyl halides is 2. The topological polar surface area (TPSA) is 17.8 Å². The second kappa shape index (κ2) is 2.81. The Morgan fingerprint density at radius 2 is 2.30 bits per heavy atom. The number of nitrogens with zero attached hydrogens (tertiary/aromatic N) is 2. The summed E-state index contributed by atoms with van der Waals surface area (Å²) < 4.78 is 25.9. The molecule has 2 nitrogen and oxygen atoms in total. The minimum Gasteiger partial charge on any atom is -0.262 e. The molecular weight excluding hydrogens is 253 g/mol. The summed E-state index contributed by atoms with van der Waals surface area (Å²) in [5.74, 6) is 0. The van der Waals surface area contributed by atoms with Crippen LogP contribution in [0.4, 0.5) is 8.78 Å². The zero-order chi connectivity index (χ0) is 7.72. The number of hydrogen-bond donors (Lipinski definition) is 0. The van der Waals surface area contributed by atoms with Crippen LogP contribution in [0.3, 0.4) is 0 Å². The largest absolute Gasteiger partial charge is 0.267 e. The number of rotatable bonds is 1. The van der Waals surface area contributed by atoms with Crippen LogP contribution < -0.4 is 0 Å². The lowest BCUT2D eigenvalue weighted by Gasteiger charge is -1.94. The van der Waals surface area contributed by atoms with Gasteiger partial charge in [-0.15, -0.1) is 0 Å². The molecule has 0 aliphatic rings. The van der Waals surface area contributed by atoms with Crippen molar-refractivity contribution in [1.29, 1.82) is 0 Å². The van der Waals surface area contributed by atoms with Crippen LogP contribution in [0.15, 0.2) is 6.20 Å². The summed E-state index contributed by atoms with van der Waals surface area (Å²) >= 11 is 1.84. The third kappa shape index (κ3) is 1.28. The molecule has 0 atom stereocenters. The van der Waals surface area contributed by atoms with E-state index in [9.17, 15) is 8.78 Å². The number of aryl methyl sites for hydroxylation is 1. The van der Waals surface area contributed by atoms with Gasteiger partial charge in [0.2, 0.25) is 0 Å². The average Bonchev–Trinajstić information content (AvgIpc) is 2.14. The first-order valence-corrected chi connectivity index (χ1v) is 3.66. The molecule has 0 bridgehead atoms. The number of halogens is 3. The summed E-state index contributed by atoms with van der Waals surface area (Å²) in [5.41, 5.74) is 0.00287. The molecule has 0 spiro atoms. The molecule has 1 aromatic heterocycles. The van der Waals surface area contributed by atoms with Gasteiger partial charge in [0.1, 0.15) is 3.70 Å². The molecule has 0 N–H and O–H groups in total. The van der Waals surface area contributed by atoms with Gasteiger partial charge in [-0.1, -0.05) is 0 Å². The van der Waals surface area contributed by atoms with Crippen molar-refractivity contribution >= 4 is 22.6 Å². The quantitative estimate of drug-likeness (QED) is 0.704. The van der Waals surface area contributed by atoms with Crippen molar-refractivity contribution < 1.29 is 8.78 Å². The lowest BCUT2D eigenvalue weighted by molar-refractivity contribution is 0.150. The Balaban J connectivity index is 3.05. The fourth-order valence-corrected chi connectivity index (χ4v) is 1.09. The smallest absolute Gasteiger partial charge is 0.262 e. The van der Waals surface area contributed by atoms with E-state index in [4.69, 9.17) is 0 Å². The van der Waals surface area contributed by atoms with Crippen LogP contribution in [0.5, 0.6) is 0 Å².